The Kier molecular flexibility index (Phi) is 6.23. The predicted octanol–water partition coefficient (Wildman–Crippen LogP) is 6.00. The van der Waals surface area contributed by atoms with Crippen molar-refractivity contribution in [3.8, 4) is 17.2 Å². The molecule has 1 aliphatic rings. The molecule has 2 heterocycles. The fourth-order valence-electron chi connectivity index (χ4n) is 5.06. The van der Waals surface area contributed by atoms with Crippen LogP contribution in [0.5, 0.6) is 17.2 Å². The lowest BCUT2D eigenvalue weighted by atomic mass is 9.91. The number of rotatable bonds is 5. The summed E-state index contributed by atoms with van der Waals surface area (Å²) in [4.78, 5) is 18.9. The number of fused-ring (bicyclic) bond motifs is 3. The number of halogens is 3. The quantitative estimate of drug-likeness (QED) is 0.358. The van der Waals surface area contributed by atoms with Crippen molar-refractivity contribution >= 4 is 16.8 Å². The van der Waals surface area contributed by atoms with Gasteiger partial charge in [0.2, 0.25) is 0 Å². The Bertz CT molecular complexity index is 1480. The number of carbonyl (C=O) groups excluding carboxylic acids is 1. The van der Waals surface area contributed by atoms with Crippen LogP contribution in [-0.4, -0.2) is 43.7 Å². The van der Waals surface area contributed by atoms with E-state index in [1.54, 1.807) is 25.2 Å². The summed E-state index contributed by atoms with van der Waals surface area (Å²) >= 11 is 0. The summed E-state index contributed by atoms with van der Waals surface area (Å²) in [5.41, 5.74) is 2.35. The lowest BCUT2D eigenvalue weighted by Gasteiger charge is -2.37. The van der Waals surface area contributed by atoms with E-state index in [1.807, 2.05) is 36.4 Å². The first kappa shape index (κ1) is 24.5. The minimum atomic E-state index is -4.67. The Balaban J connectivity index is 1.67. The number of hydrogen-bond acceptors (Lipinski definition) is 4. The number of nitrogens with one attached hydrogen (secondary N) is 1. The fraction of sp³-hybridized carbons (Fsp3) is 0.250. The minimum absolute atomic E-state index is 0.0748. The molecule has 0 spiro atoms. The van der Waals surface area contributed by atoms with E-state index in [0.717, 1.165) is 33.8 Å². The zero-order valence-corrected chi connectivity index (χ0v) is 20.5. The van der Waals surface area contributed by atoms with Gasteiger partial charge >= 0.3 is 6.18 Å². The molecule has 1 N–H and O–H groups in total. The second-order valence-electron chi connectivity index (χ2n) is 8.73. The van der Waals surface area contributed by atoms with Crippen LogP contribution < -0.4 is 14.2 Å². The van der Waals surface area contributed by atoms with Gasteiger partial charge < -0.3 is 24.1 Å². The zero-order valence-electron chi connectivity index (χ0n) is 20.5. The molecular weight excluding hydrogens is 485 g/mol. The van der Waals surface area contributed by atoms with Crippen LogP contribution in [0.15, 0.2) is 60.7 Å². The van der Waals surface area contributed by atoms with Crippen LogP contribution >= 0.6 is 0 Å². The number of benzene rings is 3. The summed E-state index contributed by atoms with van der Waals surface area (Å²) < 4.78 is 57.0. The van der Waals surface area contributed by atoms with Crippen LogP contribution in [0.1, 0.15) is 38.8 Å². The molecule has 0 fully saturated rings. The van der Waals surface area contributed by atoms with Gasteiger partial charge in [-0.25, -0.2) is 0 Å². The molecule has 5 rings (SSSR count). The molecule has 1 aromatic heterocycles. The molecule has 6 nitrogen and oxygen atoms in total. The first-order valence-electron chi connectivity index (χ1n) is 11.6. The highest BCUT2D eigenvalue weighted by molar-refractivity contribution is 5.96. The number of H-pyrrole nitrogens is 1. The Morgan fingerprint density at radius 1 is 0.946 bits per heavy atom. The van der Waals surface area contributed by atoms with E-state index in [0.29, 0.717) is 24.5 Å². The minimum Gasteiger partial charge on any atom is -0.497 e. The number of amides is 1. The van der Waals surface area contributed by atoms with Crippen LogP contribution in [0.4, 0.5) is 13.2 Å². The number of para-hydroxylation sites is 1. The summed E-state index contributed by atoms with van der Waals surface area (Å²) in [5.74, 6) is 0.418. The van der Waals surface area contributed by atoms with E-state index >= 15 is 0 Å². The molecule has 9 heteroatoms. The molecule has 0 saturated heterocycles. The Labute approximate surface area is 211 Å². The predicted molar refractivity (Wildman–Crippen MR) is 132 cm³/mol. The highest BCUT2D eigenvalue weighted by Crippen LogP contribution is 2.43. The van der Waals surface area contributed by atoms with Crippen molar-refractivity contribution in [2.75, 3.05) is 27.9 Å². The van der Waals surface area contributed by atoms with E-state index in [1.165, 1.54) is 19.2 Å². The van der Waals surface area contributed by atoms with Crippen molar-refractivity contribution in [3.05, 3.63) is 88.6 Å². The van der Waals surface area contributed by atoms with Gasteiger partial charge in [-0.3, -0.25) is 4.79 Å². The molecule has 0 aliphatic carbocycles. The monoisotopic (exact) mass is 510 g/mol. The van der Waals surface area contributed by atoms with E-state index < -0.39 is 23.7 Å². The lowest BCUT2D eigenvalue weighted by Crippen LogP contribution is -2.40. The third-order valence-electron chi connectivity index (χ3n) is 6.78. The summed E-state index contributed by atoms with van der Waals surface area (Å²) in [6.07, 6.45) is -4.16. The maximum Gasteiger partial charge on any atom is 0.419 e. The van der Waals surface area contributed by atoms with Crippen molar-refractivity contribution in [2.24, 2.45) is 0 Å². The molecule has 0 saturated carbocycles. The second kappa shape index (κ2) is 9.38. The van der Waals surface area contributed by atoms with Crippen LogP contribution in [0.3, 0.4) is 0 Å². The third kappa shape index (κ3) is 4.24. The molecule has 3 aromatic carbocycles. The van der Waals surface area contributed by atoms with Crippen molar-refractivity contribution < 1.29 is 32.2 Å². The van der Waals surface area contributed by atoms with Gasteiger partial charge in [-0.05, 0) is 54.4 Å². The summed E-state index contributed by atoms with van der Waals surface area (Å²) in [7, 11) is 4.31. The molecule has 1 amide bonds. The van der Waals surface area contributed by atoms with Gasteiger partial charge in [-0.1, -0.05) is 18.2 Å². The van der Waals surface area contributed by atoms with Crippen LogP contribution in [-0.2, 0) is 12.6 Å². The molecule has 1 aliphatic heterocycles. The first-order chi connectivity index (χ1) is 17.8. The zero-order chi connectivity index (χ0) is 26.3. The van der Waals surface area contributed by atoms with Gasteiger partial charge in [0, 0.05) is 34.3 Å². The normalized spacial score (nSPS) is 15.4. The van der Waals surface area contributed by atoms with Gasteiger partial charge in [0.15, 0.2) is 0 Å². The molecule has 4 aromatic rings. The van der Waals surface area contributed by atoms with E-state index in [-0.39, 0.29) is 11.3 Å². The standard InChI is InChI=1S/C28H25F3N2O4/c1-35-17-9-10-22-20(15-17)18-12-13-33(26(25(18)32-22)19-6-4-5-7-23(19)36-2)27(34)16-8-11-24(37-3)21(14-16)28(29,30)31/h4-11,14-15,26,32H,12-13H2,1-3H3. The molecular formula is C28H25F3N2O4. The number of alkyl halides is 3. The Hall–Kier alpha value is -4.14. The Morgan fingerprint density at radius 3 is 2.41 bits per heavy atom. The van der Waals surface area contributed by atoms with Crippen molar-refractivity contribution in [3.63, 3.8) is 0 Å². The van der Waals surface area contributed by atoms with Gasteiger partial charge in [0.05, 0.1) is 26.9 Å². The largest absolute Gasteiger partial charge is 0.497 e. The summed E-state index contributed by atoms with van der Waals surface area (Å²) in [6.45, 7) is 0.298. The SMILES string of the molecule is COc1ccc2[nH]c3c(c2c1)CCN(C(=O)c1ccc(OC)c(C(F)(F)F)c1)C3c1ccccc1OC. The van der Waals surface area contributed by atoms with Gasteiger partial charge in [0.25, 0.3) is 5.91 Å². The number of hydrogen-bond donors (Lipinski definition) is 1. The smallest absolute Gasteiger partial charge is 0.419 e. The van der Waals surface area contributed by atoms with Gasteiger partial charge in [-0.15, -0.1) is 0 Å². The highest BCUT2D eigenvalue weighted by atomic mass is 19.4. The number of methoxy groups -OCH3 is 3. The average molecular weight is 511 g/mol. The number of nitrogens with zero attached hydrogens (tertiary/aromatic N) is 1. The third-order valence-corrected chi connectivity index (χ3v) is 6.78. The van der Waals surface area contributed by atoms with E-state index in [9.17, 15) is 18.0 Å². The second-order valence-corrected chi connectivity index (χ2v) is 8.73. The molecule has 37 heavy (non-hydrogen) atoms. The topological polar surface area (TPSA) is 63.8 Å². The number of aromatic amines is 1. The van der Waals surface area contributed by atoms with Gasteiger partial charge in [0.1, 0.15) is 23.3 Å². The van der Waals surface area contributed by atoms with Crippen molar-refractivity contribution in [1.82, 2.24) is 9.88 Å². The van der Waals surface area contributed by atoms with Gasteiger partial charge in [-0.2, -0.15) is 13.2 Å². The van der Waals surface area contributed by atoms with Crippen LogP contribution in [0, 0.1) is 0 Å². The molecule has 192 valence electrons. The molecule has 1 atom stereocenters. The van der Waals surface area contributed by atoms with Crippen LogP contribution in [0.2, 0.25) is 0 Å². The number of ether oxygens (including phenoxy) is 3. The van der Waals surface area contributed by atoms with Crippen LogP contribution in [0.25, 0.3) is 10.9 Å². The summed E-state index contributed by atoms with van der Waals surface area (Å²) in [5, 5.41) is 0.977. The van der Waals surface area contributed by atoms with E-state index in [4.69, 9.17) is 14.2 Å². The first-order valence-corrected chi connectivity index (χ1v) is 11.6. The summed E-state index contributed by atoms with van der Waals surface area (Å²) in [6, 6.07) is 15.8. The maximum atomic E-state index is 13.8. The molecule has 0 radical (unpaired) electrons. The fourth-order valence-corrected chi connectivity index (χ4v) is 5.06. The Morgan fingerprint density at radius 2 is 1.70 bits per heavy atom. The van der Waals surface area contributed by atoms with Crippen molar-refractivity contribution in [2.45, 2.75) is 18.6 Å². The molecule has 1 unspecified atom stereocenters. The molecule has 0 bridgehead atoms. The number of aromatic nitrogens is 1. The maximum absolute atomic E-state index is 13.8. The lowest BCUT2D eigenvalue weighted by molar-refractivity contribution is -0.138. The van der Waals surface area contributed by atoms with E-state index in [2.05, 4.69) is 4.98 Å². The highest BCUT2D eigenvalue weighted by Gasteiger charge is 2.39. The van der Waals surface area contributed by atoms with Crippen molar-refractivity contribution in [1.29, 1.82) is 0 Å². The number of carbonyl (C=O) groups is 1. The average Bonchev–Trinajstić information content (AvgIpc) is 3.29.